The molecule has 0 aliphatic heterocycles. The van der Waals surface area contributed by atoms with Gasteiger partial charge in [0.15, 0.2) is 23.6 Å². The number of halogens is 2. The van der Waals surface area contributed by atoms with Crippen LogP contribution in [0.5, 0.6) is 0 Å². The van der Waals surface area contributed by atoms with Gasteiger partial charge in [0.1, 0.15) is 14.1 Å². The van der Waals surface area contributed by atoms with E-state index in [4.69, 9.17) is 23.6 Å². The molecule has 0 spiro atoms. The van der Waals surface area contributed by atoms with E-state index >= 15 is 0 Å². The molecule has 0 heterocycles. The van der Waals surface area contributed by atoms with Crippen molar-refractivity contribution < 1.29 is 24.6 Å². The Kier molecular flexibility index (Phi) is 12.0. The van der Waals surface area contributed by atoms with E-state index in [1.165, 1.54) is 0 Å². The zero-order valence-electron chi connectivity index (χ0n) is 4.23. The van der Waals surface area contributed by atoms with Crippen molar-refractivity contribution in [2.45, 2.75) is 0 Å². The van der Waals surface area contributed by atoms with Gasteiger partial charge in [-0.1, -0.05) is 0 Å². The predicted octanol–water partition coefficient (Wildman–Crippen LogP) is 1.53. The molecule has 0 saturated carbocycles. The van der Waals surface area contributed by atoms with Gasteiger partial charge >= 0.3 is 0 Å². The molecule has 0 atom stereocenters. The molecule has 3 N–H and O–H groups in total. The third-order valence-corrected chi connectivity index (χ3v) is 0. The molecule has 0 unspecified atom stereocenters. The predicted molar refractivity (Wildman–Crippen MR) is 28.8 cm³/mol. The second-order valence-electron chi connectivity index (χ2n) is 1.19. The minimum absolute atomic E-state index is 0. The third kappa shape index (κ3) is 137. The Bertz CT molecular complexity index is 29.2. The molecule has 0 aromatic rings. The minimum atomic E-state index is -0.0556. The van der Waals surface area contributed by atoms with E-state index < -0.39 is 0 Å². The fourth-order valence-electron chi connectivity index (χ4n) is 0. The van der Waals surface area contributed by atoms with Crippen molar-refractivity contribution in [2.24, 2.45) is 0 Å². The van der Waals surface area contributed by atoms with Crippen LogP contribution in [0.1, 0.15) is 0 Å². The van der Waals surface area contributed by atoms with Crippen LogP contribution in [0.2, 0.25) is 0 Å². The summed E-state index contributed by atoms with van der Waals surface area (Å²) in [5, 5.41) is 0. The maximum absolute atomic E-state index is 5.23. The number of quaternary nitrogens is 1. The van der Waals surface area contributed by atoms with Crippen LogP contribution in [0.3, 0.4) is 0 Å². The molecule has 0 aromatic heterocycles. The summed E-state index contributed by atoms with van der Waals surface area (Å²) < 4.78 is -0.0556. The topological polar surface area (TPSA) is 35.0 Å². The molecule has 2 nitrogen and oxygen atoms in total. The normalized spacial score (nSPS) is 8.57. The molecule has 0 fully saturated rings. The van der Waals surface area contributed by atoms with Crippen LogP contribution in [0.15, 0.2) is 0 Å². The standard InChI is InChI=1S/C2H6Cl2N.H3N.Pt/c1-5(2,3)4;;/h1-2H3;1H3;/q+1;;. The first-order valence-corrected chi connectivity index (χ1v) is 1.91. The van der Waals surface area contributed by atoms with Gasteiger partial charge in [0.2, 0.25) is 0 Å². The maximum atomic E-state index is 5.23. The van der Waals surface area contributed by atoms with Crippen LogP contribution in [0.25, 0.3) is 0 Å². The summed E-state index contributed by atoms with van der Waals surface area (Å²) in [6.07, 6.45) is 0. The number of rotatable bonds is 0. The summed E-state index contributed by atoms with van der Waals surface area (Å²) in [5.74, 6) is 0. The van der Waals surface area contributed by atoms with E-state index in [2.05, 4.69) is 0 Å². The summed E-state index contributed by atoms with van der Waals surface area (Å²) in [4.78, 5) is 0. The Morgan fingerprint density at radius 2 is 1.14 bits per heavy atom. The monoisotopic (exact) mass is 326 g/mol. The number of nitrogens with zero attached hydrogens (tertiary/aromatic N) is 1. The van der Waals surface area contributed by atoms with Gasteiger partial charge in [0.25, 0.3) is 0 Å². The molecule has 0 saturated heterocycles. The summed E-state index contributed by atoms with van der Waals surface area (Å²) >= 11 is 10.5. The summed E-state index contributed by atoms with van der Waals surface area (Å²) in [7, 11) is 3.31. The van der Waals surface area contributed by atoms with Crippen molar-refractivity contribution in [1.29, 1.82) is 0 Å². The zero-order chi connectivity index (χ0) is 4.50. The third-order valence-electron chi connectivity index (χ3n) is 0. The van der Waals surface area contributed by atoms with Gasteiger partial charge in [-0.3, -0.25) is 0 Å². The molecule has 5 heteroatoms. The van der Waals surface area contributed by atoms with Crippen LogP contribution in [0, 0.1) is 0 Å². The van der Waals surface area contributed by atoms with Crippen molar-refractivity contribution >= 4 is 23.6 Å². The Morgan fingerprint density at radius 1 is 1.14 bits per heavy atom. The Balaban J connectivity index is -0.0000000800. The molecule has 0 bridgehead atoms. The molecule has 0 amide bonds. The van der Waals surface area contributed by atoms with Crippen LogP contribution in [-0.2, 0) is 21.1 Å². The maximum Gasteiger partial charge on any atom is 0.186 e. The van der Waals surface area contributed by atoms with Crippen LogP contribution in [-0.4, -0.2) is 17.6 Å². The van der Waals surface area contributed by atoms with E-state index in [1.807, 2.05) is 0 Å². The van der Waals surface area contributed by atoms with Gasteiger partial charge in [0.05, 0.1) is 0 Å². The van der Waals surface area contributed by atoms with Gasteiger partial charge in [-0.2, -0.15) is 0 Å². The molecule has 50 valence electrons. The van der Waals surface area contributed by atoms with Crippen molar-refractivity contribution in [3.05, 3.63) is 0 Å². The van der Waals surface area contributed by atoms with E-state index in [0.29, 0.717) is 0 Å². The quantitative estimate of drug-likeness (QED) is 0.673. The molecule has 0 rings (SSSR count). The van der Waals surface area contributed by atoms with Gasteiger partial charge in [-0.15, -0.1) is 3.52 Å². The van der Waals surface area contributed by atoms with Crippen molar-refractivity contribution in [3.63, 3.8) is 0 Å². The first-order chi connectivity index (χ1) is 2.00. The fraction of sp³-hybridized carbons (Fsp3) is 1.00. The largest absolute Gasteiger partial charge is 0.344 e. The summed E-state index contributed by atoms with van der Waals surface area (Å²) in [5.41, 5.74) is 0. The van der Waals surface area contributed by atoms with E-state index in [1.54, 1.807) is 14.1 Å². The molecular formula is C2H9Cl2N2Pt+. The van der Waals surface area contributed by atoms with Gasteiger partial charge in [-0.05, 0) is 0 Å². The Labute approximate surface area is 68.4 Å². The second-order valence-corrected chi connectivity index (χ2v) is 3.05. The van der Waals surface area contributed by atoms with Crippen molar-refractivity contribution in [3.8, 4) is 0 Å². The zero-order valence-corrected chi connectivity index (χ0v) is 8.01. The summed E-state index contributed by atoms with van der Waals surface area (Å²) in [6, 6.07) is 0. The first kappa shape index (κ1) is 15.7. The van der Waals surface area contributed by atoms with Crippen LogP contribution < -0.4 is 6.15 Å². The second kappa shape index (κ2) is 5.33. The van der Waals surface area contributed by atoms with Gasteiger partial charge < -0.3 is 6.15 Å². The summed E-state index contributed by atoms with van der Waals surface area (Å²) in [6.45, 7) is 0. The molecule has 0 aliphatic carbocycles. The van der Waals surface area contributed by atoms with Crippen LogP contribution >= 0.6 is 23.6 Å². The Morgan fingerprint density at radius 3 is 1.14 bits per heavy atom. The van der Waals surface area contributed by atoms with Crippen molar-refractivity contribution in [1.82, 2.24) is 6.15 Å². The Hall–Kier alpha value is 1.19. The fourth-order valence-corrected chi connectivity index (χ4v) is 0. The van der Waals surface area contributed by atoms with Crippen LogP contribution in [0.4, 0.5) is 0 Å². The number of hydrogen-bond acceptors (Lipinski definition) is 1. The first-order valence-electron chi connectivity index (χ1n) is 1.23. The van der Waals surface area contributed by atoms with Gasteiger partial charge in [0, 0.05) is 21.1 Å². The molecule has 0 aliphatic rings. The average molecular weight is 327 g/mol. The molecule has 7 heavy (non-hydrogen) atoms. The molecule has 0 aromatic carbocycles. The van der Waals surface area contributed by atoms with E-state index in [9.17, 15) is 0 Å². The number of hydrogen-bond donors (Lipinski definition) is 1. The molecular weight excluding hydrogens is 318 g/mol. The SMILES string of the molecule is C[N+](C)(Cl)Cl.N.[Pt]. The smallest absolute Gasteiger partial charge is 0.186 e. The van der Waals surface area contributed by atoms with E-state index in [-0.39, 0.29) is 30.7 Å². The van der Waals surface area contributed by atoms with E-state index in [0.717, 1.165) is 0 Å². The van der Waals surface area contributed by atoms with Crippen molar-refractivity contribution in [2.75, 3.05) is 14.1 Å². The minimum Gasteiger partial charge on any atom is -0.344 e. The average Bonchev–Trinajstić information content (AvgIpc) is 0.722. The molecule has 0 radical (unpaired) electrons. The van der Waals surface area contributed by atoms with Gasteiger partial charge in [-0.25, -0.2) is 0 Å².